The first kappa shape index (κ1) is 15.9. The van der Waals surface area contributed by atoms with Crippen LogP contribution in [0.3, 0.4) is 0 Å². The fraction of sp³-hybridized carbons (Fsp3) is 0.278. The average molecular weight is 406 g/mol. The number of hydrogen-bond donors (Lipinski definition) is 0. The molecule has 2 aromatic rings. The predicted molar refractivity (Wildman–Crippen MR) is 93.0 cm³/mol. The summed E-state index contributed by atoms with van der Waals surface area (Å²) in [5, 5.41) is 0. The van der Waals surface area contributed by atoms with Gasteiger partial charge in [-0.15, -0.1) is 0 Å². The van der Waals surface area contributed by atoms with Gasteiger partial charge in [-0.2, -0.15) is 0 Å². The first-order valence-corrected chi connectivity index (χ1v) is 11.3. The van der Waals surface area contributed by atoms with Crippen LogP contribution < -0.4 is 4.46 Å². The summed E-state index contributed by atoms with van der Waals surface area (Å²) in [6.45, 7) is 0. The van der Waals surface area contributed by atoms with E-state index in [-0.39, 0.29) is 36.6 Å². The Morgan fingerprint density at radius 3 is 2.42 bits per heavy atom. The number of amides is 1. The van der Waals surface area contributed by atoms with E-state index in [0.29, 0.717) is 5.56 Å². The maximum atomic E-state index is 12.9. The van der Waals surface area contributed by atoms with Gasteiger partial charge in [0.25, 0.3) is 0 Å². The number of benzene rings is 2. The molecular formula is C18H17NO3SSe. The summed E-state index contributed by atoms with van der Waals surface area (Å²) < 4.78 is 28.2. The molecule has 2 atom stereocenters. The molecule has 2 unspecified atom stereocenters. The zero-order chi connectivity index (χ0) is 16.7. The molecule has 0 N–H and O–H groups in total. The third-order valence-corrected chi connectivity index (χ3v) is 9.40. The minimum absolute atomic E-state index is 0.160. The number of carbonyl (C=O) groups is 1. The molecule has 124 valence electrons. The second kappa shape index (κ2) is 6.03. The van der Waals surface area contributed by atoms with E-state index < -0.39 is 10.0 Å². The van der Waals surface area contributed by atoms with Crippen LogP contribution in [0.4, 0.5) is 0 Å². The predicted octanol–water partition coefficient (Wildman–Crippen LogP) is 2.20. The molecule has 1 amide bonds. The molecule has 0 saturated heterocycles. The molecule has 0 radical (unpaired) electrons. The molecule has 0 bridgehead atoms. The van der Waals surface area contributed by atoms with Crippen LogP contribution in [0.1, 0.15) is 29.6 Å². The maximum absolute atomic E-state index is 12.9. The van der Waals surface area contributed by atoms with Gasteiger partial charge < -0.3 is 0 Å². The van der Waals surface area contributed by atoms with Crippen molar-refractivity contribution in [1.82, 2.24) is 4.31 Å². The van der Waals surface area contributed by atoms with Gasteiger partial charge in [0.2, 0.25) is 0 Å². The van der Waals surface area contributed by atoms with Crippen LogP contribution in [-0.2, 0) is 10.0 Å². The standard InChI is InChI=1S/C18H17NO3SSe/c20-18-14-9-4-5-11-16(14)23(21,22)19(18)15-10-6-12-17(15)24-13-7-2-1-3-8-13/h1-5,7-9,11,15,17H,6,10,12H2. The van der Waals surface area contributed by atoms with Crippen molar-refractivity contribution >= 4 is 35.3 Å². The minimum atomic E-state index is -3.71. The summed E-state index contributed by atoms with van der Waals surface area (Å²) in [7, 11) is -3.71. The molecule has 4 nitrogen and oxygen atoms in total. The van der Waals surface area contributed by atoms with E-state index in [1.165, 1.54) is 14.8 Å². The second-order valence-electron chi connectivity index (χ2n) is 6.07. The van der Waals surface area contributed by atoms with E-state index in [1.54, 1.807) is 18.2 Å². The van der Waals surface area contributed by atoms with Crippen LogP contribution >= 0.6 is 0 Å². The zero-order valence-electron chi connectivity index (χ0n) is 13.0. The number of hydrogen-bond acceptors (Lipinski definition) is 3. The van der Waals surface area contributed by atoms with Gasteiger partial charge in [-0.3, -0.25) is 0 Å². The molecule has 1 aliphatic heterocycles. The Kier molecular flexibility index (Phi) is 3.99. The van der Waals surface area contributed by atoms with E-state index in [1.807, 2.05) is 18.2 Å². The monoisotopic (exact) mass is 407 g/mol. The van der Waals surface area contributed by atoms with E-state index >= 15 is 0 Å². The van der Waals surface area contributed by atoms with Crippen molar-refractivity contribution in [2.75, 3.05) is 0 Å². The summed E-state index contributed by atoms with van der Waals surface area (Å²) in [4.78, 5) is 13.2. The van der Waals surface area contributed by atoms with Crippen molar-refractivity contribution in [3.63, 3.8) is 0 Å². The number of carbonyl (C=O) groups excluding carboxylic acids is 1. The van der Waals surface area contributed by atoms with Crippen molar-refractivity contribution in [3.05, 3.63) is 60.2 Å². The first-order valence-electron chi connectivity index (χ1n) is 7.98. The van der Waals surface area contributed by atoms with Crippen molar-refractivity contribution in [1.29, 1.82) is 0 Å². The van der Waals surface area contributed by atoms with E-state index in [0.717, 1.165) is 19.3 Å². The van der Waals surface area contributed by atoms with Crippen LogP contribution in [0.15, 0.2) is 59.5 Å². The summed E-state index contributed by atoms with van der Waals surface area (Å²) in [5.74, 6) is -0.355. The van der Waals surface area contributed by atoms with E-state index in [9.17, 15) is 13.2 Å². The van der Waals surface area contributed by atoms with Crippen LogP contribution in [0.5, 0.6) is 0 Å². The Bertz CT molecular complexity index is 882. The Morgan fingerprint density at radius 1 is 0.958 bits per heavy atom. The molecule has 0 aromatic heterocycles. The molecule has 1 aliphatic carbocycles. The Balaban J connectivity index is 1.67. The van der Waals surface area contributed by atoms with Crippen molar-refractivity contribution in [3.8, 4) is 0 Å². The Hall–Kier alpha value is -1.62. The Morgan fingerprint density at radius 2 is 1.67 bits per heavy atom. The molecular weight excluding hydrogens is 389 g/mol. The summed E-state index contributed by atoms with van der Waals surface area (Å²) in [5.41, 5.74) is 0.315. The van der Waals surface area contributed by atoms with Gasteiger partial charge >= 0.3 is 148 Å². The van der Waals surface area contributed by atoms with Gasteiger partial charge in [0.15, 0.2) is 0 Å². The third-order valence-electron chi connectivity index (χ3n) is 4.60. The van der Waals surface area contributed by atoms with Crippen molar-refractivity contribution in [2.45, 2.75) is 35.0 Å². The molecule has 2 aliphatic rings. The number of rotatable bonds is 3. The molecule has 1 fully saturated rings. The second-order valence-corrected chi connectivity index (χ2v) is 10.6. The topological polar surface area (TPSA) is 54.5 Å². The van der Waals surface area contributed by atoms with E-state index in [2.05, 4.69) is 12.1 Å². The Labute approximate surface area is 148 Å². The van der Waals surface area contributed by atoms with Gasteiger partial charge in [0, 0.05) is 0 Å². The summed E-state index contributed by atoms with van der Waals surface area (Å²) >= 11 is 0.160. The van der Waals surface area contributed by atoms with Gasteiger partial charge in [0.1, 0.15) is 0 Å². The van der Waals surface area contributed by atoms with Crippen molar-refractivity contribution in [2.24, 2.45) is 0 Å². The summed E-state index contributed by atoms with van der Waals surface area (Å²) in [6, 6.07) is 16.5. The number of nitrogens with zero attached hydrogens (tertiary/aromatic N) is 1. The zero-order valence-corrected chi connectivity index (χ0v) is 15.5. The molecule has 6 heteroatoms. The molecule has 1 heterocycles. The van der Waals surface area contributed by atoms with Gasteiger partial charge in [-0.1, -0.05) is 0 Å². The third kappa shape index (κ3) is 2.50. The van der Waals surface area contributed by atoms with Crippen LogP contribution in [-0.4, -0.2) is 39.6 Å². The van der Waals surface area contributed by atoms with Crippen LogP contribution in [0, 0.1) is 0 Å². The fourth-order valence-electron chi connectivity index (χ4n) is 3.52. The molecule has 1 saturated carbocycles. The first-order chi connectivity index (χ1) is 11.6. The van der Waals surface area contributed by atoms with Crippen molar-refractivity contribution < 1.29 is 13.2 Å². The molecule has 2 aromatic carbocycles. The van der Waals surface area contributed by atoms with Gasteiger partial charge in [-0.25, -0.2) is 0 Å². The average Bonchev–Trinajstić information content (AvgIpc) is 3.10. The number of sulfonamides is 1. The fourth-order valence-corrected chi connectivity index (χ4v) is 8.37. The quantitative estimate of drug-likeness (QED) is 0.735. The van der Waals surface area contributed by atoms with Crippen LogP contribution in [0.25, 0.3) is 0 Å². The van der Waals surface area contributed by atoms with Crippen LogP contribution in [0.2, 0.25) is 4.82 Å². The molecule has 4 rings (SSSR count). The molecule has 24 heavy (non-hydrogen) atoms. The van der Waals surface area contributed by atoms with Gasteiger partial charge in [0.05, 0.1) is 0 Å². The summed E-state index contributed by atoms with van der Waals surface area (Å²) in [6.07, 6.45) is 2.72. The molecule has 0 spiro atoms. The van der Waals surface area contributed by atoms with Gasteiger partial charge in [-0.05, 0) is 0 Å². The SMILES string of the molecule is O=C1c2ccccc2S(=O)(=O)N1C1CCCC1[Se]c1ccccc1. The normalized spacial score (nSPS) is 25.0. The van der Waals surface area contributed by atoms with E-state index in [4.69, 9.17) is 0 Å². The number of fused-ring (bicyclic) bond motifs is 1.